The van der Waals surface area contributed by atoms with E-state index < -0.39 is 17.4 Å². The largest absolute Gasteiger partial charge is 0.481 e. The van der Waals surface area contributed by atoms with Crippen molar-refractivity contribution in [3.8, 4) is 0 Å². The van der Waals surface area contributed by atoms with Gasteiger partial charge in [0.1, 0.15) is 5.92 Å². The molecule has 0 spiro atoms. The SMILES string of the molecule is CCC1(CC)C(C(=O)O)c2ccccc2C(=O)N1C1CCCCCC1. The Morgan fingerprint density at radius 2 is 1.72 bits per heavy atom. The smallest absolute Gasteiger partial charge is 0.313 e. The van der Waals surface area contributed by atoms with E-state index in [0.29, 0.717) is 24.0 Å². The predicted molar refractivity (Wildman–Crippen MR) is 97.8 cm³/mol. The Balaban J connectivity index is 2.17. The van der Waals surface area contributed by atoms with Crippen molar-refractivity contribution in [1.82, 2.24) is 4.90 Å². The number of carboxylic acids is 1. The number of nitrogens with zero attached hydrogens (tertiary/aromatic N) is 1. The molecule has 1 N–H and O–H groups in total. The summed E-state index contributed by atoms with van der Waals surface area (Å²) in [5.41, 5.74) is 0.636. The maximum Gasteiger partial charge on any atom is 0.313 e. The average molecular weight is 343 g/mol. The van der Waals surface area contributed by atoms with Crippen LogP contribution in [0.1, 0.15) is 87.1 Å². The second-order valence-corrected chi connectivity index (χ2v) is 7.49. The number of carboxylic acid groups (broad SMARTS) is 1. The van der Waals surface area contributed by atoms with Crippen LogP contribution in [-0.2, 0) is 4.79 Å². The van der Waals surface area contributed by atoms with E-state index in [9.17, 15) is 14.7 Å². The monoisotopic (exact) mass is 343 g/mol. The van der Waals surface area contributed by atoms with Gasteiger partial charge >= 0.3 is 5.97 Å². The Kier molecular flexibility index (Phi) is 5.16. The number of benzene rings is 1. The van der Waals surface area contributed by atoms with E-state index in [2.05, 4.69) is 0 Å². The highest BCUT2D eigenvalue weighted by molar-refractivity contribution is 6.01. The molecular weight excluding hydrogens is 314 g/mol. The van der Waals surface area contributed by atoms with E-state index >= 15 is 0 Å². The molecule has 25 heavy (non-hydrogen) atoms. The minimum atomic E-state index is -0.817. The van der Waals surface area contributed by atoms with Crippen molar-refractivity contribution in [3.63, 3.8) is 0 Å². The van der Waals surface area contributed by atoms with Crippen LogP contribution < -0.4 is 0 Å². The molecule has 2 aliphatic rings. The van der Waals surface area contributed by atoms with E-state index in [4.69, 9.17) is 0 Å². The molecule has 1 amide bonds. The lowest BCUT2D eigenvalue weighted by molar-refractivity contribution is -0.144. The Bertz CT molecular complexity index is 642. The highest BCUT2D eigenvalue weighted by Crippen LogP contribution is 2.47. The number of amides is 1. The molecule has 1 fully saturated rings. The highest BCUT2D eigenvalue weighted by atomic mass is 16.4. The van der Waals surface area contributed by atoms with Gasteiger partial charge in [0.2, 0.25) is 0 Å². The molecule has 1 heterocycles. The molecule has 1 aromatic carbocycles. The third-order valence-electron chi connectivity index (χ3n) is 6.40. The van der Waals surface area contributed by atoms with Crippen molar-refractivity contribution in [2.45, 2.75) is 82.7 Å². The van der Waals surface area contributed by atoms with Gasteiger partial charge in [0.15, 0.2) is 0 Å². The maximum atomic E-state index is 13.5. The molecule has 0 radical (unpaired) electrons. The van der Waals surface area contributed by atoms with Gasteiger partial charge in [0.25, 0.3) is 5.91 Å². The lowest BCUT2D eigenvalue weighted by Gasteiger charge is -2.53. The molecule has 0 saturated heterocycles. The molecular formula is C21H29NO3. The summed E-state index contributed by atoms with van der Waals surface area (Å²) in [4.78, 5) is 27.8. The summed E-state index contributed by atoms with van der Waals surface area (Å²) in [6.45, 7) is 4.06. The minimum absolute atomic E-state index is 0.0312. The van der Waals surface area contributed by atoms with Crippen LogP contribution in [-0.4, -0.2) is 33.5 Å². The fraction of sp³-hybridized carbons (Fsp3) is 0.619. The van der Waals surface area contributed by atoms with Gasteiger partial charge < -0.3 is 10.0 Å². The second kappa shape index (κ2) is 7.19. The summed E-state index contributed by atoms with van der Waals surface area (Å²) in [6, 6.07) is 7.47. The summed E-state index contributed by atoms with van der Waals surface area (Å²) in [6.07, 6.45) is 7.97. The first-order valence-corrected chi connectivity index (χ1v) is 9.72. The van der Waals surface area contributed by atoms with Crippen molar-refractivity contribution in [1.29, 1.82) is 0 Å². The summed E-state index contributed by atoms with van der Waals surface area (Å²) in [5, 5.41) is 10.1. The summed E-state index contributed by atoms with van der Waals surface area (Å²) in [5.74, 6) is -1.44. The van der Waals surface area contributed by atoms with Crippen LogP contribution in [0.4, 0.5) is 0 Å². The zero-order chi connectivity index (χ0) is 18.0. The van der Waals surface area contributed by atoms with Crippen molar-refractivity contribution in [2.75, 3.05) is 0 Å². The fourth-order valence-electron chi connectivity index (χ4n) is 5.11. The third-order valence-corrected chi connectivity index (χ3v) is 6.40. The van der Waals surface area contributed by atoms with Crippen LogP contribution in [0.25, 0.3) is 0 Å². The number of carbonyl (C=O) groups excluding carboxylic acids is 1. The van der Waals surface area contributed by atoms with Crippen molar-refractivity contribution in [2.24, 2.45) is 0 Å². The van der Waals surface area contributed by atoms with Gasteiger partial charge in [-0.25, -0.2) is 0 Å². The topological polar surface area (TPSA) is 57.6 Å². The first kappa shape index (κ1) is 18.0. The molecule has 0 aromatic heterocycles. The number of carbonyl (C=O) groups is 2. The van der Waals surface area contributed by atoms with E-state index in [1.165, 1.54) is 12.8 Å². The lowest BCUT2D eigenvalue weighted by Crippen LogP contribution is -2.63. The highest BCUT2D eigenvalue weighted by Gasteiger charge is 2.54. The Hall–Kier alpha value is -1.84. The number of aliphatic carboxylic acids is 1. The van der Waals surface area contributed by atoms with Crippen LogP contribution in [0, 0.1) is 0 Å². The van der Waals surface area contributed by atoms with Crippen molar-refractivity contribution in [3.05, 3.63) is 35.4 Å². The molecule has 1 aliphatic carbocycles. The van der Waals surface area contributed by atoms with E-state index in [1.807, 2.05) is 36.9 Å². The summed E-state index contributed by atoms with van der Waals surface area (Å²) < 4.78 is 0. The molecule has 0 bridgehead atoms. The quantitative estimate of drug-likeness (QED) is 0.813. The van der Waals surface area contributed by atoms with Crippen molar-refractivity contribution >= 4 is 11.9 Å². The maximum absolute atomic E-state index is 13.5. The predicted octanol–water partition coefficient (Wildman–Crippen LogP) is 4.59. The van der Waals surface area contributed by atoms with Gasteiger partial charge in [-0.2, -0.15) is 0 Å². The molecule has 4 nitrogen and oxygen atoms in total. The standard InChI is InChI=1S/C21H29NO3/c1-3-21(4-2)18(20(24)25)16-13-9-10-14-17(16)19(23)22(21)15-11-7-5-6-8-12-15/h9-10,13-15,18H,3-8,11-12H2,1-2H3,(H,24,25). The molecule has 3 rings (SSSR count). The van der Waals surface area contributed by atoms with Gasteiger partial charge in [-0.1, -0.05) is 57.7 Å². The molecule has 1 unspecified atom stereocenters. The minimum Gasteiger partial charge on any atom is -0.481 e. The zero-order valence-corrected chi connectivity index (χ0v) is 15.3. The van der Waals surface area contributed by atoms with E-state index in [1.54, 1.807) is 6.07 Å². The van der Waals surface area contributed by atoms with E-state index in [0.717, 1.165) is 25.7 Å². The first-order valence-electron chi connectivity index (χ1n) is 9.72. The lowest BCUT2D eigenvalue weighted by atomic mass is 9.68. The molecule has 1 saturated carbocycles. The van der Waals surface area contributed by atoms with Crippen molar-refractivity contribution < 1.29 is 14.7 Å². The Labute approximate surface area is 150 Å². The molecule has 4 heteroatoms. The van der Waals surface area contributed by atoms with Crippen LogP contribution in [0.5, 0.6) is 0 Å². The summed E-state index contributed by atoms with van der Waals surface area (Å²) >= 11 is 0. The number of fused-ring (bicyclic) bond motifs is 1. The van der Waals surface area contributed by atoms with Gasteiger partial charge in [0.05, 0.1) is 5.54 Å². The number of rotatable bonds is 4. The van der Waals surface area contributed by atoms with Crippen LogP contribution in [0.3, 0.4) is 0 Å². The Morgan fingerprint density at radius 1 is 1.12 bits per heavy atom. The third kappa shape index (κ3) is 2.86. The summed E-state index contributed by atoms with van der Waals surface area (Å²) in [7, 11) is 0. The fourth-order valence-corrected chi connectivity index (χ4v) is 5.11. The molecule has 1 atom stereocenters. The number of hydrogen-bond donors (Lipinski definition) is 1. The Morgan fingerprint density at radius 3 is 2.28 bits per heavy atom. The van der Waals surface area contributed by atoms with Gasteiger partial charge in [0, 0.05) is 11.6 Å². The molecule has 136 valence electrons. The van der Waals surface area contributed by atoms with Gasteiger partial charge in [-0.05, 0) is 37.3 Å². The normalized spacial score (nSPS) is 23.8. The second-order valence-electron chi connectivity index (χ2n) is 7.49. The number of hydrogen-bond acceptors (Lipinski definition) is 2. The first-order chi connectivity index (χ1) is 12.1. The van der Waals surface area contributed by atoms with E-state index in [-0.39, 0.29) is 11.9 Å². The molecule has 1 aliphatic heterocycles. The van der Waals surface area contributed by atoms with Gasteiger partial charge in [-0.3, -0.25) is 9.59 Å². The van der Waals surface area contributed by atoms with Crippen LogP contribution in [0.15, 0.2) is 24.3 Å². The molecule has 1 aromatic rings. The van der Waals surface area contributed by atoms with Crippen LogP contribution >= 0.6 is 0 Å². The van der Waals surface area contributed by atoms with Gasteiger partial charge in [-0.15, -0.1) is 0 Å². The average Bonchev–Trinajstić information content (AvgIpc) is 2.90. The zero-order valence-electron chi connectivity index (χ0n) is 15.3. The van der Waals surface area contributed by atoms with Crippen LogP contribution in [0.2, 0.25) is 0 Å².